The van der Waals surface area contributed by atoms with Crippen LogP contribution in [-0.2, 0) is 33.3 Å². The Kier molecular flexibility index (Phi) is 12.9. The smallest absolute Gasteiger partial charge is 0.407 e. The number of hydrogen-bond acceptors (Lipinski definition) is 12. The number of ether oxygens (including phenoxy) is 5. The number of rotatable bonds is 13. The van der Waals surface area contributed by atoms with Crippen molar-refractivity contribution >= 4 is 17.9 Å². The van der Waals surface area contributed by atoms with E-state index in [9.17, 15) is 19.5 Å². The second kappa shape index (κ2) is 18.4. The number of benzene rings is 2. The maximum Gasteiger partial charge on any atom is 0.407 e. The SMILES string of the molecule is COC(=O)N[C@H](C(=O)N1CCC[C@H]1c1ncc(-c2ccc(-c3ccc(-c4cnc([C@@H]5CC6(CN5C(=O)[C@@H](NC(O)OC)C(C)C)OCCO6)[nH]4)cc3)cc2)[nH]1)C1CCOCC1. The first-order valence-corrected chi connectivity index (χ1v) is 21.2. The first-order valence-electron chi connectivity index (χ1n) is 21.2. The van der Waals surface area contributed by atoms with Gasteiger partial charge in [-0.3, -0.25) is 14.9 Å². The molecule has 326 valence electrons. The molecule has 4 aliphatic heterocycles. The molecule has 4 aromatic rings. The van der Waals surface area contributed by atoms with Crippen molar-refractivity contribution in [3.8, 4) is 33.6 Å². The molecule has 4 fully saturated rings. The third kappa shape index (κ3) is 9.08. The number of aromatic amines is 2. The van der Waals surface area contributed by atoms with Crippen molar-refractivity contribution in [3.63, 3.8) is 0 Å². The second-order valence-corrected chi connectivity index (χ2v) is 16.5. The molecule has 1 spiro atoms. The van der Waals surface area contributed by atoms with Crippen LogP contribution in [0.4, 0.5) is 4.79 Å². The lowest BCUT2D eigenvalue weighted by Gasteiger charge is -2.34. The van der Waals surface area contributed by atoms with Gasteiger partial charge in [0.05, 0.1) is 68.8 Å². The number of aromatic nitrogens is 4. The predicted octanol–water partition coefficient (Wildman–Crippen LogP) is 4.50. The van der Waals surface area contributed by atoms with Crippen LogP contribution in [0, 0.1) is 11.8 Å². The summed E-state index contributed by atoms with van der Waals surface area (Å²) < 4.78 is 27.5. The molecule has 4 aliphatic rings. The van der Waals surface area contributed by atoms with Crippen LogP contribution < -0.4 is 10.6 Å². The molecule has 6 heterocycles. The van der Waals surface area contributed by atoms with Gasteiger partial charge in [0.2, 0.25) is 18.2 Å². The van der Waals surface area contributed by atoms with Gasteiger partial charge in [-0.1, -0.05) is 62.4 Å². The number of amides is 3. The summed E-state index contributed by atoms with van der Waals surface area (Å²) in [6, 6.07) is 14.4. The van der Waals surface area contributed by atoms with E-state index >= 15 is 0 Å². The molecular weight excluding hydrogens is 785 g/mol. The van der Waals surface area contributed by atoms with Gasteiger partial charge in [-0.15, -0.1) is 0 Å². The molecule has 0 saturated carbocycles. The molecule has 1 unspecified atom stereocenters. The highest BCUT2D eigenvalue weighted by atomic mass is 16.7. The first kappa shape index (κ1) is 42.5. The maximum absolute atomic E-state index is 14.0. The number of aliphatic hydroxyl groups is 1. The number of methoxy groups -OCH3 is 2. The monoisotopic (exact) mass is 840 g/mol. The van der Waals surface area contributed by atoms with Crippen LogP contribution in [0.1, 0.15) is 69.7 Å². The van der Waals surface area contributed by atoms with E-state index in [4.69, 9.17) is 33.7 Å². The summed E-state index contributed by atoms with van der Waals surface area (Å²) in [5.41, 5.74) is 5.64. The predicted molar refractivity (Wildman–Crippen MR) is 222 cm³/mol. The number of carbonyl (C=O) groups is 3. The summed E-state index contributed by atoms with van der Waals surface area (Å²) >= 11 is 0. The normalized spacial score (nSPS) is 21.9. The summed E-state index contributed by atoms with van der Waals surface area (Å²) in [4.78, 5) is 60.2. The lowest BCUT2D eigenvalue weighted by atomic mass is 9.90. The zero-order valence-electron chi connectivity index (χ0n) is 35.1. The van der Waals surface area contributed by atoms with E-state index < -0.39 is 36.4 Å². The zero-order valence-corrected chi connectivity index (χ0v) is 35.1. The van der Waals surface area contributed by atoms with E-state index in [2.05, 4.69) is 57.0 Å². The molecule has 4 saturated heterocycles. The molecule has 61 heavy (non-hydrogen) atoms. The fraction of sp³-hybridized carbons (Fsp3) is 0.523. The van der Waals surface area contributed by atoms with Gasteiger partial charge >= 0.3 is 6.09 Å². The van der Waals surface area contributed by atoms with E-state index in [0.717, 1.165) is 52.3 Å². The lowest BCUT2D eigenvalue weighted by Crippen LogP contribution is -2.53. The van der Waals surface area contributed by atoms with Gasteiger partial charge in [-0.25, -0.2) is 14.8 Å². The van der Waals surface area contributed by atoms with Crippen molar-refractivity contribution in [2.45, 2.75) is 82.3 Å². The van der Waals surface area contributed by atoms with Gasteiger partial charge in [0.1, 0.15) is 17.7 Å². The molecule has 5 N–H and O–H groups in total. The average Bonchev–Trinajstić information content (AvgIpc) is 4.15. The molecule has 5 atom stereocenters. The topological polar surface area (TPSA) is 205 Å². The van der Waals surface area contributed by atoms with Crippen LogP contribution in [0.3, 0.4) is 0 Å². The molecule has 8 rings (SSSR count). The number of nitrogens with zero attached hydrogens (tertiary/aromatic N) is 4. The number of H-pyrrole nitrogens is 2. The molecule has 0 aliphatic carbocycles. The lowest BCUT2D eigenvalue weighted by molar-refractivity contribution is -0.157. The van der Waals surface area contributed by atoms with E-state index in [1.807, 2.05) is 30.9 Å². The van der Waals surface area contributed by atoms with Gasteiger partial charge in [0.15, 0.2) is 5.79 Å². The van der Waals surface area contributed by atoms with Gasteiger partial charge in [0.25, 0.3) is 0 Å². The van der Waals surface area contributed by atoms with Gasteiger partial charge < -0.3 is 53.9 Å². The highest BCUT2D eigenvalue weighted by Crippen LogP contribution is 2.43. The van der Waals surface area contributed by atoms with Crippen LogP contribution in [0.2, 0.25) is 0 Å². The van der Waals surface area contributed by atoms with Crippen LogP contribution in [0.25, 0.3) is 33.6 Å². The molecule has 2 aromatic carbocycles. The second-order valence-electron chi connectivity index (χ2n) is 16.5. The van der Waals surface area contributed by atoms with Crippen molar-refractivity contribution < 1.29 is 43.2 Å². The van der Waals surface area contributed by atoms with Crippen LogP contribution >= 0.6 is 0 Å². The van der Waals surface area contributed by atoms with Crippen molar-refractivity contribution in [1.29, 1.82) is 0 Å². The Morgan fingerprint density at radius 3 is 1.93 bits per heavy atom. The summed E-state index contributed by atoms with van der Waals surface area (Å²) in [6.07, 6.45) is 5.08. The summed E-state index contributed by atoms with van der Waals surface area (Å²) in [7, 11) is 2.67. The zero-order chi connectivity index (χ0) is 42.7. The van der Waals surface area contributed by atoms with Crippen molar-refractivity contribution in [3.05, 3.63) is 72.6 Å². The molecule has 0 radical (unpaired) electrons. The number of carbonyl (C=O) groups excluding carboxylic acids is 3. The Labute approximate surface area is 354 Å². The number of aliphatic hydroxyl groups excluding tert-OH is 1. The fourth-order valence-electron chi connectivity index (χ4n) is 9.07. The molecule has 0 bridgehead atoms. The van der Waals surface area contributed by atoms with Gasteiger partial charge in [-0.2, -0.15) is 0 Å². The largest absolute Gasteiger partial charge is 0.453 e. The summed E-state index contributed by atoms with van der Waals surface area (Å²) in [5.74, 6) is -0.0587. The summed E-state index contributed by atoms with van der Waals surface area (Å²) in [6.45, 7) is 6.66. The van der Waals surface area contributed by atoms with Crippen molar-refractivity contribution in [1.82, 2.24) is 40.4 Å². The van der Waals surface area contributed by atoms with Crippen LogP contribution in [0.5, 0.6) is 0 Å². The standard InChI is InChI=1S/C44H56N8O9/c1-26(2)36(49-42(55)57-3)40(53)52-25-44(60-20-21-61-44)22-35(52)39-46-24-33(48-39)30-13-9-28(10-14-30)27-7-11-29(12-8-27)32-23-45-38(47-32)34-6-5-17-51(34)41(54)37(50-43(56)58-4)31-15-18-59-19-16-31/h7-14,23-24,26,31,34-37,42,49,55H,5-6,15-22,25H2,1-4H3,(H,45,47)(H,46,48)(H,50,56)/t34-,35-,36-,37-,42?/m0/s1. The molecular formula is C44H56N8O9. The average molecular weight is 841 g/mol. The molecule has 3 amide bonds. The fourth-order valence-corrected chi connectivity index (χ4v) is 9.07. The number of alkyl carbamates (subject to hydrolysis) is 1. The number of imidazole rings is 2. The Balaban J connectivity index is 0.938. The van der Waals surface area contributed by atoms with E-state index in [-0.39, 0.29) is 36.2 Å². The molecule has 17 nitrogen and oxygen atoms in total. The molecule has 2 aromatic heterocycles. The minimum Gasteiger partial charge on any atom is -0.453 e. The first-order chi connectivity index (χ1) is 29.6. The van der Waals surface area contributed by atoms with Crippen molar-refractivity contribution in [2.75, 3.05) is 53.7 Å². The molecule has 17 heteroatoms. The highest BCUT2D eigenvalue weighted by molar-refractivity contribution is 5.86. The Hall–Kier alpha value is -5.17. The number of hydrogen-bond donors (Lipinski definition) is 5. The summed E-state index contributed by atoms with van der Waals surface area (Å²) in [5, 5.41) is 15.9. The maximum atomic E-state index is 14.0. The van der Waals surface area contributed by atoms with E-state index in [0.29, 0.717) is 58.1 Å². The van der Waals surface area contributed by atoms with E-state index in [1.165, 1.54) is 14.2 Å². The van der Waals surface area contributed by atoms with Crippen LogP contribution in [-0.4, -0.2) is 131 Å². The van der Waals surface area contributed by atoms with Gasteiger partial charge in [0, 0.05) is 33.3 Å². The van der Waals surface area contributed by atoms with E-state index in [1.54, 1.807) is 17.3 Å². The minimum atomic E-state index is -1.29. The van der Waals surface area contributed by atoms with Gasteiger partial charge in [-0.05, 0) is 59.8 Å². The minimum absolute atomic E-state index is 0.0328. The quantitative estimate of drug-likeness (QED) is 0.118. The Bertz CT molecular complexity index is 2130. The van der Waals surface area contributed by atoms with Crippen LogP contribution in [0.15, 0.2) is 60.9 Å². The third-order valence-corrected chi connectivity index (χ3v) is 12.4. The highest BCUT2D eigenvalue weighted by Gasteiger charge is 2.52. The number of nitrogens with one attached hydrogen (secondary N) is 4. The van der Waals surface area contributed by atoms with Crippen molar-refractivity contribution in [2.24, 2.45) is 11.8 Å². The number of likely N-dealkylation sites (tertiary alicyclic amines) is 2. The third-order valence-electron chi connectivity index (χ3n) is 12.4. The Morgan fingerprint density at radius 2 is 1.38 bits per heavy atom. The Morgan fingerprint density at radius 1 is 0.803 bits per heavy atom.